The smallest absolute Gasteiger partial charge is 0.222 e. The van der Waals surface area contributed by atoms with Gasteiger partial charge in [0.05, 0.1) is 6.54 Å². The highest BCUT2D eigenvalue weighted by molar-refractivity contribution is 7.11. The van der Waals surface area contributed by atoms with E-state index in [4.69, 9.17) is 0 Å². The third kappa shape index (κ3) is 4.43. The number of guanidine groups is 1. The minimum atomic E-state index is 0.224. The lowest BCUT2D eigenvalue weighted by Crippen LogP contribution is -2.44. The van der Waals surface area contributed by atoms with E-state index in [1.807, 2.05) is 18.0 Å². The van der Waals surface area contributed by atoms with Gasteiger partial charge in [-0.15, -0.1) is 11.3 Å². The molecule has 2 rings (SSSR count). The normalized spacial score (nSPS) is 18.6. The Hall–Kier alpha value is -1.63. The van der Waals surface area contributed by atoms with Gasteiger partial charge in [0, 0.05) is 43.7 Å². The predicted octanol–water partition coefficient (Wildman–Crippen LogP) is 1.38. The van der Waals surface area contributed by atoms with Crippen LogP contribution >= 0.6 is 11.3 Å². The average Bonchev–Trinajstić information content (AvgIpc) is 3.19. The summed E-state index contributed by atoms with van der Waals surface area (Å²) in [6, 6.07) is 0.268. The molecule has 22 heavy (non-hydrogen) atoms. The molecule has 1 aromatic rings. The predicted molar refractivity (Wildman–Crippen MR) is 90.1 cm³/mol. The largest absolute Gasteiger partial charge is 0.352 e. The summed E-state index contributed by atoms with van der Waals surface area (Å²) in [5.74, 6) is 0.992. The Morgan fingerprint density at radius 3 is 3.00 bits per heavy atom. The number of nitrogens with one attached hydrogen (secondary N) is 2. The molecule has 2 N–H and O–H groups in total. The molecule has 0 saturated carbocycles. The summed E-state index contributed by atoms with van der Waals surface area (Å²) in [6.45, 7) is 6.30. The molecule has 0 spiro atoms. The zero-order valence-corrected chi connectivity index (χ0v) is 14.4. The maximum Gasteiger partial charge on any atom is 0.222 e. The quantitative estimate of drug-likeness (QED) is 0.634. The molecule has 1 fully saturated rings. The van der Waals surface area contributed by atoms with Crippen molar-refractivity contribution in [2.75, 3.05) is 20.1 Å². The molecule has 1 aliphatic rings. The number of aromatic nitrogens is 1. The van der Waals surface area contributed by atoms with Crippen molar-refractivity contribution in [2.24, 2.45) is 4.99 Å². The van der Waals surface area contributed by atoms with Crippen LogP contribution in [-0.2, 0) is 17.8 Å². The molecular weight excluding hydrogens is 298 g/mol. The number of carbonyl (C=O) groups is 1. The fourth-order valence-corrected chi connectivity index (χ4v) is 3.27. The second kappa shape index (κ2) is 8.12. The number of hydrogen-bond donors (Lipinski definition) is 2. The number of rotatable bonds is 5. The fraction of sp³-hybridized carbons (Fsp3) is 0.667. The highest BCUT2D eigenvalue weighted by Gasteiger charge is 2.25. The molecule has 6 nitrogen and oxygen atoms in total. The molecule has 0 radical (unpaired) electrons. The molecule has 122 valence electrons. The van der Waals surface area contributed by atoms with Crippen LogP contribution in [0.5, 0.6) is 0 Å². The topological polar surface area (TPSA) is 69.6 Å². The molecule has 1 saturated heterocycles. The fourth-order valence-electron chi connectivity index (χ4n) is 2.47. The monoisotopic (exact) mass is 323 g/mol. The van der Waals surface area contributed by atoms with Crippen LogP contribution in [0.3, 0.4) is 0 Å². The van der Waals surface area contributed by atoms with Crippen LogP contribution < -0.4 is 10.6 Å². The minimum absolute atomic E-state index is 0.224. The van der Waals surface area contributed by atoms with E-state index in [0.29, 0.717) is 13.0 Å². The molecule has 0 aliphatic carbocycles. The summed E-state index contributed by atoms with van der Waals surface area (Å²) in [5, 5.41) is 7.74. The molecule has 1 aliphatic heterocycles. The van der Waals surface area contributed by atoms with E-state index in [-0.39, 0.29) is 11.9 Å². The SMILES string of the molecule is CCC(=O)N1CCC(NC(=NC)NCc2ncc(CC)s2)C1. The molecular formula is C15H25N5OS. The van der Waals surface area contributed by atoms with Gasteiger partial charge in [0.25, 0.3) is 0 Å². The first-order valence-electron chi connectivity index (χ1n) is 7.84. The molecule has 1 aromatic heterocycles. The van der Waals surface area contributed by atoms with E-state index in [1.54, 1.807) is 18.4 Å². The first kappa shape index (κ1) is 16.7. The molecule has 1 unspecified atom stereocenters. The minimum Gasteiger partial charge on any atom is -0.352 e. The van der Waals surface area contributed by atoms with Crippen molar-refractivity contribution >= 4 is 23.2 Å². The summed E-state index contributed by atoms with van der Waals surface area (Å²) < 4.78 is 0. The van der Waals surface area contributed by atoms with Crippen LogP contribution in [0.25, 0.3) is 0 Å². The van der Waals surface area contributed by atoms with Gasteiger partial charge >= 0.3 is 0 Å². The van der Waals surface area contributed by atoms with Gasteiger partial charge in [-0.2, -0.15) is 0 Å². The van der Waals surface area contributed by atoms with Crippen LogP contribution in [0.2, 0.25) is 0 Å². The van der Waals surface area contributed by atoms with Crippen LogP contribution in [-0.4, -0.2) is 47.9 Å². The summed E-state index contributed by atoms with van der Waals surface area (Å²) >= 11 is 1.73. The lowest BCUT2D eigenvalue weighted by Gasteiger charge is -2.18. The van der Waals surface area contributed by atoms with E-state index >= 15 is 0 Å². The maximum atomic E-state index is 11.7. The number of hydrogen-bond acceptors (Lipinski definition) is 4. The first-order valence-corrected chi connectivity index (χ1v) is 8.66. The van der Waals surface area contributed by atoms with Crippen LogP contribution in [0.15, 0.2) is 11.2 Å². The zero-order chi connectivity index (χ0) is 15.9. The van der Waals surface area contributed by atoms with Gasteiger partial charge in [-0.3, -0.25) is 9.79 Å². The Balaban J connectivity index is 1.79. The van der Waals surface area contributed by atoms with Crippen LogP contribution in [0.4, 0.5) is 0 Å². The average molecular weight is 323 g/mol. The Labute approximate surface area is 136 Å². The Kier molecular flexibility index (Phi) is 6.18. The van der Waals surface area contributed by atoms with Gasteiger partial charge in [-0.1, -0.05) is 13.8 Å². The van der Waals surface area contributed by atoms with Gasteiger partial charge in [0.15, 0.2) is 5.96 Å². The lowest BCUT2D eigenvalue weighted by molar-refractivity contribution is -0.129. The van der Waals surface area contributed by atoms with Crippen molar-refractivity contribution in [3.8, 4) is 0 Å². The zero-order valence-electron chi connectivity index (χ0n) is 13.6. The number of aliphatic imine (C=N–C) groups is 1. The van der Waals surface area contributed by atoms with E-state index in [9.17, 15) is 4.79 Å². The number of amides is 1. The second-order valence-electron chi connectivity index (χ2n) is 5.32. The number of carbonyl (C=O) groups excluding carboxylic acids is 1. The third-order valence-corrected chi connectivity index (χ3v) is 4.91. The van der Waals surface area contributed by atoms with E-state index in [0.717, 1.165) is 36.9 Å². The highest BCUT2D eigenvalue weighted by Crippen LogP contribution is 2.13. The molecule has 1 amide bonds. The number of nitrogens with zero attached hydrogens (tertiary/aromatic N) is 3. The van der Waals surface area contributed by atoms with Crippen molar-refractivity contribution in [1.29, 1.82) is 0 Å². The van der Waals surface area contributed by atoms with Gasteiger partial charge in [0.1, 0.15) is 5.01 Å². The van der Waals surface area contributed by atoms with E-state index in [2.05, 4.69) is 27.5 Å². The summed E-state index contributed by atoms with van der Waals surface area (Å²) in [4.78, 5) is 23.6. The van der Waals surface area contributed by atoms with Crippen molar-refractivity contribution in [3.63, 3.8) is 0 Å². The molecule has 7 heteroatoms. The maximum absolute atomic E-state index is 11.7. The van der Waals surface area contributed by atoms with Crippen molar-refractivity contribution in [2.45, 2.75) is 45.7 Å². The van der Waals surface area contributed by atoms with Gasteiger partial charge in [-0.25, -0.2) is 4.98 Å². The van der Waals surface area contributed by atoms with E-state index < -0.39 is 0 Å². The first-order chi connectivity index (χ1) is 10.7. The summed E-state index contributed by atoms with van der Waals surface area (Å²) in [5.41, 5.74) is 0. The second-order valence-corrected chi connectivity index (χ2v) is 6.52. The standard InChI is InChI=1S/C15H25N5OS/c1-4-12-8-17-13(22-12)9-18-15(16-3)19-11-6-7-20(10-11)14(21)5-2/h8,11H,4-7,9-10H2,1-3H3,(H2,16,18,19). The molecule has 2 heterocycles. The lowest BCUT2D eigenvalue weighted by atomic mass is 10.3. The Morgan fingerprint density at radius 2 is 2.36 bits per heavy atom. The Bertz CT molecular complexity index is 528. The molecule has 0 aromatic carbocycles. The van der Waals surface area contributed by atoms with Crippen molar-refractivity contribution in [3.05, 3.63) is 16.1 Å². The van der Waals surface area contributed by atoms with Crippen LogP contribution in [0, 0.1) is 0 Å². The molecule has 1 atom stereocenters. The Morgan fingerprint density at radius 1 is 1.55 bits per heavy atom. The third-order valence-electron chi connectivity index (χ3n) is 3.76. The molecule has 0 bridgehead atoms. The summed E-state index contributed by atoms with van der Waals surface area (Å²) in [6.07, 6.45) is 4.49. The highest BCUT2D eigenvalue weighted by atomic mass is 32.1. The number of thiazole rings is 1. The number of aryl methyl sites for hydroxylation is 1. The van der Waals surface area contributed by atoms with Gasteiger partial charge < -0.3 is 15.5 Å². The van der Waals surface area contributed by atoms with Crippen LogP contribution in [0.1, 0.15) is 36.6 Å². The summed E-state index contributed by atoms with van der Waals surface area (Å²) in [7, 11) is 1.76. The van der Waals surface area contributed by atoms with E-state index in [1.165, 1.54) is 4.88 Å². The number of likely N-dealkylation sites (tertiary alicyclic amines) is 1. The van der Waals surface area contributed by atoms with Gasteiger partial charge in [-0.05, 0) is 12.8 Å². The van der Waals surface area contributed by atoms with Crippen molar-refractivity contribution in [1.82, 2.24) is 20.5 Å². The van der Waals surface area contributed by atoms with Gasteiger partial charge in [0.2, 0.25) is 5.91 Å². The van der Waals surface area contributed by atoms with Crippen molar-refractivity contribution < 1.29 is 4.79 Å².